The summed E-state index contributed by atoms with van der Waals surface area (Å²) in [6.45, 7) is 10.9. The van der Waals surface area contributed by atoms with Gasteiger partial charge in [-0.15, -0.1) is 0 Å². The van der Waals surface area contributed by atoms with Crippen molar-refractivity contribution >= 4 is 69.1 Å². The summed E-state index contributed by atoms with van der Waals surface area (Å²) in [6, 6.07) is 9.90. The monoisotopic (exact) mass is 1940 g/mol. The van der Waals surface area contributed by atoms with Gasteiger partial charge in [-0.3, -0.25) is 39.1 Å². The Hall–Kier alpha value is -19.3. The first-order valence-corrected chi connectivity index (χ1v) is 42.8. The predicted octanol–water partition coefficient (Wildman–Crippen LogP) is 21.5. The van der Waals surface area contributed by atoms with Gasteiger partial charge in [0.25, 0.3) is 23.6 Å². The minimum absolute atomic E-state index is 0.0344. The summed E-state index contributed by atoms with van der Waals surface area (Å²) in [7, 11) is 0. The Balaban J connectivity index is 0.000000164. The molecular weight excluding hydrogens is 1800 g/mol. The third-order valence-electron chi connectivity index (χ3n) is 19.9. The summed E-state index contributed by atoms with van der Waals surface area (Å²) in [5, 5.41) is 10.3. The van der Waals surface area contributed by atoms with Gasteiger partial charge in [0.1, 0.15) is 0 Å². The molecule has 0 saturated carbocycles. The number of anilines is 4. The van der Waals surface area contributed by atoms with Gasteiger partial charge < -0.3 is 59.5 Å². The number of rotatable bonds is 20. The molecule has 0 bridgehead atoms. The molecule has 712 valence electrons. The smallest absolute Gasteiger partial charge is 0.255 e. The van der Waals surface area contributed by atoms with Crippen molar-refractivity contribution in [2.24, 2.45) is 20.0 Å². The maximum atomic E-state index is 13.5. The number of aromatic amines is 4. The largest absolute Gasteiger partial charge is 0.324 e. The number of carbonyl (C=O) groups is 4. The van der Waals surface area contributed by atoms with Gasteiger partial charge in [0.15, 0.2) is 0 Å². The van der Waals surface area contributed by atoms with Crippen LogP contribution >= 0.6 is 0 Å². The molecule has 30 nitrogen and oxygen atoms in total. The van der Waals surface area contributed by atoms with E-state index in [0.717, 1.165) is 34.4 Å². The van der Waals surface area contributed by atoms with Crippen LogP contribution in [0.5, 0.6) is 0 Å². The summed E-state index contributed by atoms with van der Waals surface area (Å²) >= 11 is 0. The van der Waals surface area contributed by atoms with Crippen LogP contribution in [-0.2, 0) is 0 Å². The maximum Gasteiger partial charge on any atom is 0.255 e. The Labute approximate surface area is 891 Å². The third kappa shape index (κ3) is 25.2. The standard InChI is InChI=1S/2C29H26N6O.2C28H25N7O/c2*1-19-9-12-35(18-19)25-14-20(2)13-24(16-25)32-28(36)22-7-6-21(3)27(15-22)34-29-31-11-8-26(33-29)23-5-4-10-30-17-23;2*1-18-11-23(14-24(12-18)35-16-20(3)31-17-35)32-27(36)21-7-6-19(2)26(13-21)34-28-30-10-8-25(33-28)22-5-4-9-29-15-22/h2*4-18H,1-3H3,(H,32,36)(H,31,33,34);2*4-17H,1-3H3,(H,32,36)(H,30,33,34)/i4D,5D,8D,10D,11D,12D,13D,14D,16D,17D,18D;3D3,4D,5D,8D,10D,11D,13D,14D,16D,17D;2D3,4D,5D,8D,9D,10D,11D,12D,14D,15D;4D,5D,8D,9D,10D,11D,12D,14D,15D. The van der Waals surface area contributed by atoms with Crippen molar-refractivity contribution in [1.29, 1.82) is 0 Å². The van der Waals surface area contributed by atoms with Gasteiger partial charge in [-0.1, -0.05) is 24.3 Å². The number of nitrogens with one attached hydrogen (secondary N) is 8. The van der Waals surface area contributed by atoms with Gasteiger partial charge in [0, 0.05) is 209 Å². The molecule has 12 aromatic heterocycles. The Morgan fingerprint density at radius 1 is 0.312 bits per heavy atom. The first-order chi connectivity index (χ1) is 88.0. The molecule has 0 unspecified atom stereocenters. The van der Waals surface area contributed by atoms with Gasteiger partial charge in [0.05, 0.1) is 122 Å². The predicted molar refractivity (Wildman–Crippen MR) is 561 cm³/mol. The van der Waals surface area contributed by atoms with E-state index in [1.807, 2.05) is 6.92 Å². The molecule has 0 aliphatic heterocycles. The number of pyridine rings is 4. The summed E-state index contributed by atoms with van der Waals surface area (Å²) in [5.74, 6) is -3.03. The van der Waals surface area contributed by atoms with Gasteiger partial charge in [-0.2, -0.15) is 0 Å². The van der Waals surface area contributed by atoms with Crippen LogP contribution in [0, 0.1) is 82.9 Å². The second kappa shape index (κ2) is 44.5. The van der Waals surface area contributed by atoms with Crippen LogP contribution in [0.25, 0.3) is 67.8 Å². The first-order valence-electron chi connectivity index (χ1n) is 64.8. The second-order valence-corrected chi connectivity index (χ2v) is 31.0. The van der Waals surface area contributed by atoms with E-state index in [1.165, 1.54) is 85.0 Å². The van der Waals surface area contributed by atoms with Crippen molar-refractivity contribution in [3.05, 3.63) is 466 Å². The Bertz CT molecular complexity index is 10900. The van der Waals surface area contributed by atoms with Crippen molar-refractivity contribution < 1.29 is 79.5 Å². The fourth-order valence-corrected chi connectivity index (χ4v) is 13.1. The van der Waals surface area contributed by atoms with Crippen molar-refractivity contribution in [3.8, 4) is 67.8 Å². The lowest BCUT2D eigenvalue weighted by Crippen LogP contribution is -2.14. The fraction of sp³-hybridized carbons (Fsp3) is 0.105. The summed E-state index contributed by atoms with van der Waals surface area (Å²) in [6.07, 6.45) is 2.12. The van der Waals surface area contributed by atoms with Crippen LogP contribution in [0.1, 0.15) is 169 Å². The number of benzene rings is 8. The zero-order valence-electron chi connectivity index (χ0n) is 121. The Kier molecular flexibility index (Phi) is 17.3. The van der Waals surface area contributed by atoms with E-state index < -0.39 is 201 Å². The molecule has 4 amide bonds. The van der Waals surface area contributed by atoms with Crippen molar-refractivity contribution in [1.82, 2.24) is 88.0 Å². The van der Waals surface area contributed by atoms with Crippen LogP contribution in [0.15, 0.2) is 374 Å². The first kappa shape index (κ1) is 56.0. The van der Waals surface area contributed by atoms with Crippen LogP contribution in [0.2, 0.25) is 0 Å². The SMILES string of the molecule is [2H]c1nc(=Nc2cc(C(=O)Nc3c([2H])c(C)c([2H])c(-n4c([2H])cc(C)c4[2H])c3[2H])ccc2C)[nH]c(-c2c([2H])nc([2H])c([2H])c2[2H])c1[2H].[2H]c1nc(=Nc2cc(C(=O)Nc3c([2H])c(C)c([2H])c(-n4ccc(C)c4)c3[2H])ccc2C([2H])([2H])[2H])[nH]c(-c2c([2H])nc([2H])c([2H])c2[2H])c1[2H].[2H]c1nc(=Nc2cc(C(=O)Nc3c([2H])c(C)c([2H])c(-n4cnc(C)c4)c3[2H])ccc2C([2H])([2H])[2H])[nH]c(-c2c([2H])nc([2H])c([2H])c2[2H])c1[2H].[2H]c1nc(=Nc2cc(C(=O)Nc3c([2H])c(C)c([2H])c(-n4cnc(C)c4)c3[2H])ccc2C)[nH]c(-c2c([2H])nc([2H])c([2H])c2[2H])c1[2H]. The van der Waals surface area contributed by atoms with Crippen molar-refractivity contribution in [2.75, 3.05) is 21.3 Å². The number of aryl methyl sites for hydroxylation is 8. The highest BCUT2D eigenvalue weighted by molar-refractivity contribution is 6.07. The Morgan fingerprint density at radius 3 is 0.903 bits per heavy atom. The third-order valence-corrected chi connectivity index (χ3v) is 19.9. The normalized spacial score (nSPS) is 16.0. The number of aromatic nitrogens is 18. The number of imidazole rings is 2. The highest BCUT2D eigenvalue weighted by Gasteiger charge is 2.18. The van der Waals surface area contributed by atoms with Crippen LogP contribution in [0.3, 0.4) is 0 Å². The molecule has 0 saturated heterocycles. The van der Waals surface area contributed by atoms with E-state index in [-0.39, 0.29) is 259 Å². The number of carbonyl (C=O) groups excluding carboxylic acids is 4. The van der Waals surface area contributed by atoms with Gasteiger partial charge in [-0.05, 0) is 344 Å². The van der Waals surface area contributed by atoms with Crippen LogP contribution in [-0.4, -0.2) is 112 Å². The Morgan fingerprint density at radius 2 is 0.618 bits per heavy atom. The molecule has 0 spiro atoms. The van der Waals surface area contributed by atoms with E-state index in [1.54, 1.807) is 89.1 Å². The minimum atomic E-state index is -2.74. The summed E-state index contributed by atoms with van der Waals surface area (Å²) in [5.41, 5.74) is -0.208. The molecule has 20 rings (SSSR count). The maximum absolute atomic E-state index is 13.5. The van der Waals surface area contributed by atoms with E-state index in [9.17, 15) is 19.2 Å². The molecular formula is C114H102N26O4. The highest BCUT2D eigenvalue weighted by atomic mass is 16.2. The molecule has 0 aliphatic carbocycles. The number of nitrogens with zero attached hydrogens (tertiary/aromatic N) is 18. The topological polar surface area (TPSA) is 378 Å². The molecule has 0 radical (unpaired) electrons. The fourth-order valence-electron chi connectivity index (χ4n) is 13.1. The molecule has 0 fully saturated rings. The van der Waals surface area contributed by atoms with Gasteiger partial charge in [0.2, 0.25) is 22.5 Å². The summed E-state index contributed by atoms with van der Waals surface area (Å²) in [4.78, 5) is 120. The number of amides is 4. The molecule has 12 heterocycles. The number of H-pyrrole nitrogens is 4. The molecule has 0 atom stereocenters. The average Bonchev–Trinajstić information content (AvgIpc) is 1.57. The van der Waals surface area contributed by atoms with Gasteiger partial charge >= 0.3 is 0 Å². The summed E-state index contributed by atoms with van der Waals surface area (Å²) < 4.78 is 367. The number of hydrogen-bond acceptors (Lipinski definition) is 18. The van der Waals surface area contributed by atoms with Crippen molar-refractivity contribution in [2.45, 2.75) is 82.9 Å². The van der Waals surface area contributed by atoms with Crippen LogP contribution < -0.4 is 43.7 Å². The van der Waals surface area contributed by atoms with E-state index in [0.29, 0.717) is 28.1 Å². The zero-order valence-corrected chi connectivity index (χ0v) is 77.2. The minimum Gasteiger partial charge on any atom is -0.324 e. The molecule has 0 aliphatic rings. The average molecular weight is 1940 g/mol. The molecule has 8 N–H and O–H groups in total. The number of hydrogen-bond donors (Lipinski definition) is 8. The van der Waals surface area contributed by atoms with E-state index >= 15 is 0 Å². The zero-order chi connectivity index (χ0) is 138. The lowest BCUT2D eigenvalue weighted by molar-refractivity contribution is 0.101. The lowest BCUT2D eigenvalue weighted by atomic mass is 10.1. The molecule has 30 heteroatoms. The van der Waals surface area contributed by atoms with E-state index in [4.69, 9.17) is 60.3 Å². The van der Waals surface area contributed by atoms with Crippen LogP contribution in [0.4, 0.5) is 45.5 Å². The quantitative estimate of drug-likeness (QED) is 0.0352. The van der Waals surface area contributed by atoms with E-state index in [2.05, 4.69) is 111 Å². The lowest BCUT2D eigenvalue weighted by Gasteiger charge is -2.11. The highest BCUT2D eigenvalue weighted by Crippen LogP contribution is 2.31. The second-order valence-electron chi connectivity index (χ2n) is 31.0. The molecule has 20 aromatic rings. The molecule has 8 aromatic carbocycles. The van der Waals surface area contributed by atoms with Crippen molar-refractivity contribution in [3.63, 3.8) is 0 Å². The van der Waals surface area contributed by atoms with Gasteiger partial charge in [-0.25, -0.2) is 49.9 Å². The molecule has 144 heavy (non-hydrogen) atoms.